The van der Waals surface area contributed by atoms with E-state index in [1.165, 1.54) is 13.8 Å². The van der Waals surface area contributed by atoms with Crippen molar-refractivity contribution in [3.05, 3.63) is 53.6 Å². The summed E-state index contributed by atoms with van der Waals surface area (Å²) in [6, 6.07) is 12.2. The average Bonchev–Trinajstić information content (AvgIpc) is 2.60. The van der Waals surface area contributed by atoms with E-state index in [1.807, 2.05) is 25.1 Å². The summed E-state index contributed by atoms with van der Waals surface area (Å²) in [4.78, 5) is 36.6. The number of aromatic carboxylic acids is 1. The van der Waals surface area contributed by atoms with Gasteiger partial charge >= 0.3 is 5.97 Å². The van der Waals surface area contributed by atoms with Gasteiger partial charge in [0.05, 0.1) is 11.6 Å². The van der Waals surface area contributed by atoms with Crippen molar-refractivity contribution in [2.24, 2.45) is 0 Å². The van der Waals surface area contributed by atoms with Crippen LogP contribution in [0.1, 0.15) is 49.2 Å². The first kappa shape index (κ1) is 18.6. The summed E-state index contributed by atoms with van der Waals surface area (Å²) in [5.74, 6) is -1.13. The third kappa shape index (κ3) is 3.69. The number of nitrogens with one attached hydrogen (secondary N) is 1. The average molecular weight is 366 g/mol. The molecular weight excluding hydrogens is 344 g/mol. The maximum atomic E-state index is 12.1. The second-order valence-corrected chi connectivity index (χ2v) is 6.88. The van der Waals surface area contributed by atoms with Gasteiger partial charge in [0, 0.05) is 25.6 Å². The molecule has 0 saturated carbocycles. The first-order valence-electron chi connectivity index (χ1n) is 8.82. The molecule has 0 fully saturated rings. The van der Waals surface area contributed by atoms with Crippen molar-refractivity contribution in [3.8, 4) is 11.1 Å². The molecule has 0 aromatic heterocycles. The van der Waals surface area contributed by atoms with Gasteiger partial charge in [-0.2, -0.15) is 0 Å². The highest BCUT2D eigenvalue weighted by Crippen LogP contribution is 2.39. The van der Waals surface area contributed by atoms with Crippen LogP contribution in [0.2, 0.25) is 0 Å². The number of carbonyl (C=O) groups is 3. The van der Waals surface area contributed by atoms with Gasteiger partial charge < -0.3 is 15.3 Å². The van der Waals surface area contributed by atoms with Crippen molar-refractivity contribution >= 4 is 23.5 Å². The van der Waals surface area contributed by atoms with Crippen molar-refractivity contribution < 1.29 is 19.5 Å². The number of anilines is 1. The van der Waals surface area contributed by atoms with E-state index in [-0.39, 0.29) is 29.5 Å². The normalized spacial score (nSPS) is 18.6. The summed E-state index contributed by atoms with van der Waals surface area (Å²) in [5, 5.41) is 12.0. The summed E-state index contributed by atoms with van der Waals surface area (Å²) in [5.41, 5.74) is 3.69. The van der Waals surface area contributed by atoms with Crippen LogP contribution < -0.4 is 10.2 Å². The second-order valence-electron chi connectivity index (χ2n) is 6.88. The van der Waals surface area contributed by atoms with Gasteiger partial charge in [0.15, 0.2) is 0 Å². The highest BCUT2D eigenvalue weighted by Gasteiger charge is 2.32. The molecule has 1 aliphatic rings. The van der Waals surface area contributed by atoms with Gasteiger partial charge in [-0.15, -0.1) is 0 Å². The van der Waals surface area contributed by atoms with E-state index in [9.17, 15) is 14.4 Å². The Kier molecular flexibility index (Phi) is 4.99. The molecule has 1 aliphatic heterocycles. The molecule has 0 spiro atoms. The van der Waals surface area contributed by atoms with Crippen LogP contribution in [-0.4, -0.2) is 28.9 Å². The fourth-order valence-corrected chi connectivity index (χ4v) is 3.71. The Morgan fingerprint density at radius 1 is 1.04 bits per heavy atom. The minimum Gasteiger partial charge on any atom is -0.478 e. The third-order valence-corrected chi connectivity index (χ3v) is 4.86. The molecule has 2 amide bonds. The smallest absolute Gasteiger partial charge is 0.335 e. The van der Waals surface area contributed by atoms with Crippen LogP contribution in [0.3, 0.4) is 0 Å². The summed E-state index contributed by atoms with van der Waals surface area (Å²) in [6.45, 7) is 4.99. The van der Waals surface area contributed by atoms with Crippen molar-refractivity contribution in [1.29, 1.82) is 0 Å². The zero-order valence-electron chi connectivity index (χ0n) is 15.5. The number of carboxylic acids is 1. The van der Waals surface area contributed by atoms with Gasteiger partial charge in [-0.25, -0.2) is 4.79 Å². The molecule has 2 atom stereocenters. The molecule has 6 heteroatoms. The standard InChI is InChI=1S/C21H22N2O4/c1-12-10-19(22-13(2)24)18-11-17(8-9-20(18)23(12)14(3)25)15-4-6-16(7-5-15)21(26)27/h4-9,11-12,19H,10H2,1-3H3,(H,22,24)(H,26,27). The van der Waals surface area contributed by atoms with Crippen molar-refractivity contribution in [2.75, 3.05) is 4.90 Å². The first-order chi connectivity index (χ1) is 12.8. The number of hydrogen-bond acceptors (Lipinski definition) is 3. The zero-order valence-corrected chi connectivity index (χ0v) is 15.5. The molecule has 140 valence electrons. The van der Waals surface area contributed by atoms with Gasteiger partial charge in [0.25, 0.3) is 0 Å². The Balaban J connectivity index is 2.06. The minimum absolute atomic E-state index is 0.0208. The molecule has 2 aromatic carbocycles. The Morgan fingerprint density at radius 2 is 1.67 bits per heavy atom. The van der Waals surface area contributed by atoms with Crippen LogP contribution in [0, 0.1) is 0 Å². The van der Waals surface area contributed by atoms with Gasteiger partial charge in [0.1, 0.15) is 0 Å². The molecule has 3 rings (SSSR count). The summed E-state index contributed by atoms with van der Waals surface area (Å²) < 4.78 is 0. The second kappa shape index (κ2) is 7.23. The lowest BCUT2D eigenvalue weighted by Crippen LogP contribution is -2.45. The Labute approximate surface area is 157 Å². The van der Waals surface area contributed by atoms with Gasteiger partial charge in [-0.1, -0.05) is 18.2 Å². The minimum atomic E-state index is -0.969. The Hall–Kier alpha value is -3.15. The summed E-state index contributed by atoms with van der Waals surface area (Å²) in [6.07, 6.45) is 0.633. The van der Waals surface area contributed by atoms with E-state index >= 15 is 0 Å². The fourth-order valence-electron chi connectivity index (χ4n) is 3.71. The van der Waals surface area contributed by atoms with Gasteiger partial charge in [-0.05, 0) is 54.3 Å². The van der Waals surface area contributed by atoms with E-state index in [2.05, 4.69) is 5.32 Å². The van der Waals surface area contributed by atoms with Crippen LogP contribution in [0.4, 0.5) is 5.69 Å². The first-order valence-corrected chi connectivity index (χ1v) is 8.82. The number of hydrogen-bond donors (Lipinski definition) is 2. The summed E-state index contributed by atoms with van der Waals surface area (Å²) >= 11 is 0. The van der Waals surface area contributed by atoms with E-state index in [0.717, 1.165) is 22.4 Å². The topological polar surface area (TPSA) is 86.7 Å². The Morgan fingerprint density at radius 3 is 2.22 bits per heavy atom. The van der Waals surface area contributed by atoms with Crippen LogP contribution in [-0.2, 0) is 9.59 Å². The largest absolute Gasteiger partial charge is 0.478 e. The predicted molar refractivity (Wildman–Crippen MR) is 103 cm³/mol. The summed E-state index contributed by atoms with van der Waals surface area (Å²) in [7, 11) is 0. The number of amides is 2. The number of benzene rings is 2. The monoisotopic (exact) mass is 366 g/mol. The van der Waals surface area contributed by atoms with Crippen LogP contribution in [0.5, 0.6) is 0 Å². The maximum absolute atomic E-state index is 12.1. The predicted octanol–water partition coefficient (Wildman–Crippen LogP) is 3.37. The van der Waals surface area contributed by atoms with Gasteiger partial charge in [-0.3, -0.25) is 9.59 Å². The van der Waals surface area contributed by atoms with Crippen molar-refractivity contribution in [3.63, 3.8) is 0 Å². The molecular formula is C21H22N2O4. The van der Waals surface area contributed by atoms with Gasteiger partial charge in [0.2, 0.25) is 11.8 Å². The van der Waals surface area contributed by atoms with E-state index in [0.29, 0.717) is 6.42 Å². The molecule has 0 saturated heterocycles. The molecule has 0 aliphatic carbocycles. The number of carbonyl (C=O) groups excluding carboxylic acids is 2. The van der Waals surface area contributed by atoms with Crippen molar-refractivity contribution in [1.82, 2.24) is 5.32 Å². The van der Waals surface area contributed by atoms with E-state index in [1.54, 1.807) is 29.2 Å². The lowest BCUT2D eigenvalue weighted by molar-refractivity contribution is -0.119. The van der Waals surface area contributed by atoms with Crippen LogP contribution >= 0.6 is 0 Å². The highest BCUT2D eigenvalue weighted by molar-refractivity contribution is 5.94. The van der Waals surface area contributed by atoms with E-state index in [4.69, 9.17) is 5.11 Å². The molecule has 2 aromatic rings. The number of nitrogens with zero attached hydrogens (tertiary/aromatic N) is 1. The maximum Gasteiger partial charge on any atom is 0.335 e. The number of rotatable bonds is 3. The highest BCUT2D eigenvalue weighted by atomic mass is 16.4. The quantitative estimate of drug-likeness (QED) is 0.872. The lowest BCUT2D eigenvalue weighted by Gasteiger charge is -2.39. The molecule has 0 radical (unpaired) electrons. The fraction of sp³-hybridized carbons (Fsp3) is 0.286. The SMILES string of the molecule is CC(=O)NC1CC(C)N(C(C)=O)c2ccc(-c3ccc(C(=O)O)cc3)cc21. The molecule has 1 heterocycles. The van der Waals surface area contributed by atoms with Crippen molar-refractivity contribution in [2.45, 2.75) is 39.3 Å². The lowest BCUT2D eigenvalue weighted by atomic mass is 9.89. The van der Waals surface area contributed by atoms with Crippen LogP contribution in [0.25, 0.3) is 11.1 Å². The Bertz CT molecular complexity index is 905. The zero-order chi connectivity index (χ0) is 19.7. The van der Waals surface area contributed by atoms with E-state index < -0.39 is 5.97 Å². The molecule has 27 heavy (non-hydrogen) atoms. The molecule has 0 bridgehead atoms. The number of fused-ring (bicyclic) bond motifs is 1. The number of carboxylic acid groups (broad SMARTS) is 1. The molecule has 2 N–H and O–H groups in total. The third-order valence-electron chi connectivity index (χ3n) is 4.86. The van der Waals surface area contributed by atoms with Crippen LogP contribution in [0.15, 0.2) is 42.5 Å². The molecule has 6 nitrogen and oxygen atoms in total. The molecule has 2 unspecified atom stereocenters.